The van der Waals surface area contributed by atoms with E-state index in [-0.39, 0.29) is 23.3 Å². The van der Waals surface area contributed by atoms with Crippen molar-refractivity contribution in [3.8, 4) is 0 Å². The van der Waals surface area contributed by atoms with Gasteiger partial charge in [-0.25, -0.2) is 17.6 Å². The van der Waals surface area contributed by atoms with Gasteiger partial charge in [-0.2, -0.15) is 0 Å². The van der Waals surface area contributed by atoms with Crippen LogP contribution in [0.5, 0.6) is 0 Å². The van der Waals surface area contributed by atoms with Gasteiger partial charge in [-0.15, -0.1) is 0 Å². The van der Waals surface area contributed by atoms with Crippen LogP contribution < -0.4 is 5.32 Å². The lowest BCUT2D eigenvalue weighted by molar-refractivity contribution is -0.139. The van der Waals surface area contributed by atoms with Crippen LogP contribution in [0.15, 0.2) is 24.3 Å². The average molecular weight is 372 g/mol. The summed E-state index contributed by atoms with van der Waals surface area (Å²) in [6, 6.07) is 5.63. The average Bonchev–Trinajstić information content (AvgIpc) is 2.53. The van der Waals surface area contributed by atoms with Gasteiger partial charge in [-0.3, -0.25) is 9.59 Å². The van der Waals surface area contributed by atoms with E-state index in [2.05, 4.69) is 5.32 Å². The topological polar surface area (TPSA) is 49.4 Å². The number of anilines is 1. The smallest absolute Gasteiger partial charge is 0.231 e. The summed E-state index contributed by atoms with van der Waals surface area (Å²) in [7, 11) is 0. The molecule has 1 heterocycles. The van der Waals surface area contributed by atoms with Crippen molar-refractivity contribution in [3.05, 3.63) is 29.8 Å². The normalized spacial score (nSPS) is 32.0. The summed E-state index contributed by atoms with van der Waals surface area (Å²) >= 11 is 0. The number of carbonyl (C=O) groups excluding carboxylic acids is 2. The lowest BCUT2D eigenvalue weighted by Crippen LogP contribution is -2.53. The summed E-state index contributed by atoms with van der Waals surface area (Å²) in [5.74, 6) is -2.16. The maximum atomic E-state index is 14.0. The van der Waals surface area contributed by atoms with Gasteiger partial charge in [-0.05, 0) is 17.7 Å². The first-order chi connectivity index (χ1) is 12.3. The summed E-state index contributed by atoms with van der Waals surface area (Å²) in [6.07, 6.45) is -9.06. The highest BCUT2D eigenvalue weighted by atomic mass is 19.2. The Morgan fingerprint density at radius 2 is 1.54 bits per heavy atom. The first-order valence-corrected chi connectivity index (χ1v) is 8.50. The van der Waals surface area contributed by atoms with E-state index in [4.69, 9.17) is 0 Å². The molecule has 0 radical (unpaired) electrons. The summed E-state index contributed by atoms with van der Waals surface area (Å²) in [4.78, 5) is 24.7. The number of hydrogen-bond donors (Lipinski definition) is 1. The van der Waals surface area contributed by atoms with Crippen LogP contribution in [0, 0.1) is 5.92 Å². The fourth-order valence-corrected chi connectivity index (χ4v) is 3.40. The molecule has 1 N–H and O–H groups in total. The first kappa shape index (κ1) is 18.7. The molecule has 3 rings (SSSR count). The molecule has 0 bridgehead atoms. The fraction of sp³-hybridized carbons (Fsp3) is 0.556. The highest BCUT2D eigenvalue weighted by molar-refractivity contribution is 5.94. The third-order valence-corrected chi connectivity index (χ3v) is 5.09. The van der Waals surface area contributed by atoms with Gasteiger partial charge in [0.15, 0.2) is 0 Å². The quantitative estimate of drug-likeness (QED) is 0.830. The van der Waals surface area contributed by atoms with Crippen LogP contribution in [-0.4, -0.2) is 54.5 Å². The monoisotopic (exact) mass is 372 g/mol. The molecule has 8 heteroatoms. The van der Waals surface area contributed by atoms with E-state index in [9.17, 15) is 27.2 Å². The summed E-state index contributed by atoms with van der Waals surface area (Å²) in [6.45, 7) is 2.13. The largest absolute Gasteiger partial charge is 0.341 e. The van der Waals surface area contributed by atoms with Crippen LogP contribution in [0.3, 0.4) is 0 Å². The van der Waals surface area contributed by atoms with Gasteiger partial charge in [-0.1, -0.05) is 12.1 Å². The van der Waals surface area contributed by atoms with E-state index in [0.29, 0.717) is 18.8 Å². The molecule has 26 heavy (non-hydrogen) atoms. The molecule has 1 aromatic rings. The number of likely N-dealkylation sites (tertiary alicyclic amines) is 1. The van der Waals surface area contributed by atoms with Crippen LogP contribution in [-0.2, 0) is 9.59 Å². The van der Waals surface area contributed by atoms with E-state index in [1.54, 1.807) is 4.90 Å². The molecule has 1 saturated carbocycles. The number of amides is 2. The number of hydrogen-bond acceptors (Lipinski definition) is 2. The standard InChI is InChI=1S/C18H20F4N2O2/c1-9(25)24-7-11(8-24)18(26)23-12-4-2-10(3-5-12)15-16(21)13(19)6-14(20)17(15)22/h2-5,11,13-17H,6-8H2,1H3,(H,23,26)/t13-,14+,15?,16-,17+. The second kappa shape index (κ2) is 7.25. The molecule has 2 aliphatic rings. The molecular weight excluding hydrogens is 352 g/mol. The van der Waals surface area contributed by atoms with E-state index in [1.807, 2.05) is 0 Å². The van der Waals surface area contributed by atoms with Crippen molar-refractivity contribution in [1.29, 1.82) is 0 Å². The molecule has 4 nitrogen and oxygen atoms in total. The van der Waals surface area contributed by atoms with E-state index < -0.39 is 37.0 Å². The zero-order valence-corrected chi connectivity index (χ0v) is 14.2. The second-order valence-electron chi connectivity index (χ2n) is 6.91. The van der Waals surface area contributed by atoms with Gasteiger partial charge in [0, 0.05) is 32.1 Å². The summed E-state index contributed by atoms with van der Waals surface area (Å²) in [5, 5.41) is 2.66. The Bertz CT molecular complexity index is 664. The van der Waals surface area contributed by atoms with Gasteiger partial charge >= 0.3 is 0 Å². The zero-order chi connectivity index (χ0) is 19.0. The van der Waals surface area contributed by atoms with Gasteiger partial charge in [0.05, 0.1) is 11.8 Å². The molecule has 5 atom stereocenters. The number of nitrogens with one attached hydrogen (secondary N) is 1. The highest BCUT2D eigenvalue weighted by Gasteiger charge is 2.47. The SMILES string of the molecule is CC(=O)N1CC(C(=O)Nc2ccc(C3[C@@H](F)[C@@H](F)C[C@@H](F)[C@H]3F)cc2)C1. The van der Waals surface area contributed by atoms with Crippen LogP contribution in [0.2, 0.25) is 0 Å². The van der Waals surface area contributed by atoms with Crippen LogP contribution in [0.4, 0.5) is 23.2 Å². The lowest BCUT2D eigenvalue weighted by atomic mass is 9.79. The van der Waals surface area contributed by atoms with Crippen molar-refractivity contribution in [2.75, 3.05) is 18.4 Å². The predicted octanol–water partition coefficient (Wildman–Crippen LogP) is 2.94. The minimum atomic E-state index is -2.11. The Labute approximate surface area is 148 Å². The van der Waals surface area contributed by atoms with Crippen molar-refractivity contribution in [2.24, 2.45) is 5.92 Å². The van der Waals surface area contributed by atoms with Crippen molar-refractivity contribution >= 4 is 17.5 Å². The van der Waals surface area contributed by atoms with Crippen LogP contribution >= 0.6 is 0 Å². The number of carbonyl (C=O) groups is 2. The molecule has 1 aromatic carbocycles. The molecule has 1 saturated heterocycles. The Kier molecular flexibility index (Phi) is 5.20. The fourth-order valence-electron chi connectivity index (χ4n) is 3.40. The molecule has 0 spiro atoms. The molecule has 1 aliphatic heterocycles. The second-order valence-corrected chi connectivity index (χ2v) is 6.91. The number of rotatable bonds is 3. The van der Waals surface area contributed by atoms with Crippen LogP contribution in [0.1, 0.15) is 24.8 Å². The number of nitrogens with zero attached hydrogens (tertiary/aromatic N) is 1. The lowest BCUT2D eigenvalue weighted by Gasteiger charge is -2.37. The maximum absolute atomic E-state index is 14.0. The summed E-state index contributed by atoms with van der Waals surface area (Å²) < 4.78 is 55.2. The van der Waals surface area contributed by atoms with Gasteiger partial charge in [0.2, 0.25) is 11.8 Å². The maximum Gasteiger partial charge on any atom is 0.231 e. The van der Waals surface area contributed by atoms with E-state index >= 15 is 0 Å². The van der Waals surface area contributed by atoms with Crippen molar-refractivity contribution in [1.82, 2.24) is 4.90 Å². The van der Waals surface area contributed by atoms with Crippen molar-refractivity contribution in [3.63, 3.8) is 0 Å². The Hall–Kier alpha value is -2.12. The Balaban J connectivity index is 1.63. The molecule has 2 fully saturated rings. The third kappa shape index (κ3) is 3.54. The third-order valence-electron chi connectivity index (χ3n) is 5.09. The minimum absolute atomic E-state index is 0.0928. The Morgan fingerprint density at radius 1 is 1.00 bits per heavy atom. The van der Waals surface area contributed by atoms with Gasteiger partial charge in [0.1, 0.15) is 24.7 Å². The highest BCUT2D eigenvalue weighted by Crippen LogP contribution is 2.40. The zero-order valence-electron chi connectivity index (χ0n) is 14.2. The van der Waals surface area contributed by atoms with E-state index in [0.717, 1.165) is 0 Å². The van der Waals surface area contributed by atoms with Gasteiger partial charge < -0.3 is 10.2 Å². The molecule has 1 unspecified atom stereocenters. The van der Waals surface area contributed by atoms with Crippen molar-refractivity contribution in [2.45, 2.75) is 43.9 Å². The Morgan fingerprint density at radius 3 is 2.04 bits per heavy atom. The van der Waals surface area contributed by atoms with Crippen LogP contribution in [0.25, 0.3) is 0 Å². The molecular formula is C18H20F4N2O2. The number of alkyl halides is 4. The molecule has 142 valence electrons. The predicted molar refractivity (Wildman–Crippen MR) is 87.8 cm³/mol. The van der Waals surface area contributed by atoms with Gasteiger partial charge in [0.25, 0.3) is 0 Å². The molecule has 1 aliphatic carbocycles. The summed E-state index contributed by atoms with van der Waals surface area (Å²) in [5.41, 5.74) is 0.564. The first-order valence-electron chi connectivity index (χ1n) is 8.50. The van der Waals surface area contributed by atoms with E-state index in [1.165, 1.54) is 31.2 Å². The van der Waals surface area contributed by atoms with Crippen molar-refractivity contribution < 1.29 is 27.2 Å². The molecule has 2 amide bonds. The minimum Gasteiger partial charge on any atom is -0.341 e. The molecule has 0 aromatic heterocycles. The number of benzene rings is 1. The number of halogens is 4.